The molecule has 1 amide bonds. The summed E-state index contributed by atoms with van der Waals surface area (Å²) in [5.41, 5.74) is 5.80. The molecule has 0 aliphatic carbocycles. The van der Waals surface area contributed by atoms with Crippen LogP contribution in [0.4, 0.5) is 0 Å². The molecule has 0 bridgehead atoms. The van der Waals surface area contributed by atoms with Gasteiger partial charge in [0.15, 0.2) is 11.5 Å². The van der Waals surface area contributed by atoms with Crippen LogP contribution in [0.2, 0.25) is 0 Å². The number of aromatic hydroxyl groups is 1. The third kappa shape index (κ3) is 4.62. The molecule has 0 unspecified atom stereocenters. The van der Waals surface area contributed by atoms with Crippen molar-refractivity contribution in [3.63, 3.8) is 0 Å². The number of hydrogen-bond acceptors (Lipinski definition) is 6. The zero-order valence-electron chi connectivity index (χ0n) is 17.3. The number of methoxy groups -OCH3 is 1. The van der Waals surface area contributed by atoms with E-state index in [1.54, 1.807) is 18.2 Å². The van der Waals surface area contributed by atoms with E-state index in [-0.39, 0.29) is 11.6 Å². The number of hydrogen-bond donors (Lipinski definition) is 2. The van der Waals surface area contributed by atoms with Crippen molar-refractivity contribution in [2.24, 2.45) is 5.10 Å². The molecular formula is C25H20N4O3. The Bertz CT molecular complexity index is 1200. The van der Waals surface area contributed by atoms with Crippen LogP contribution in [0.3, 0.4) is 0 Å². The number of carbonyl (C=O) groups is 1. The number of aromatic nitrogens is 2. The largest absolute Gasteiger partial charge is 0.504 e. The molecule has 1 aromatic heterocycles. The van der Waals surface area contributed by atoms with E-state index in [1.807, 2.05) is 66.7 Å². The summed E-state index contributed by atoms with van der Waals surface area (Å²) >= 11 is 0. The molecule has 4 aromatic rings. The fourth-order valence-electron chi connectivity index (χ4n) is 3.08. The molecular weight excluding hydrogens is 404 g/mol. The van der Waals surface area contributed by atoms with Gasteiger partial charge in [-0.05, 0) is 18.2 Å². The highest BCUT2D eigenvalue weighted by atomic mass is 16.5. The van der Waals surface area contributed by atoms with E-state index < -0.39 is 5.91 Å². The molecule has 0 saturated carbocycles. The van der Waals surface area contributed by atoms with Gasteiger partial charge in [0, 0.05) is 16.7 Å². The minimum absolute atomic E-state index is 0.0165. The molecule has 158 valence electrons. The molecule has 1 heterocycles. The molecule has 32 heavy (non-hydrogen) atoms. The SMILES string of the molecule is COc1cccc(C=NNC(=O)c2nc(-c3ccccc3)cc(-c3ccccc3)n2)c1O. The highest BCUT2D eigenvalue weighted by molar-refractivity contribution is 5.93. The Kier molecular flexibility index (Phi) is 6.17. The molecule has 0 saturated heterocycles. The van der Waals surface area contributed by atoms with Crippen LogP contribution in [0.15, 0.2) is 90.0 Å². The Hall–Kier alpha value is -4.52. The first-order valence-corrected chi connectivity index (χ1v) is 9.85. The maximum absolute atomic E-state index is 12.8. The van der Waals surface area contributed by atoms with Gasteiger partial charge in [-0.25, -0.2) is 15.4 Å². The number of phenols is 1. The average molecular weight is 424 g/mol. The van der Waals surface area contributed by atoms with Crippen LogP contribution in [-0.4, -0.2) is 34.3 Å². The molecule has 0 radical (unpaired) electrons. The molecule has 0 fully saturated rings. The maximum Gasteiger partial charge on any atom is 0.309 e. The number of carbonyl (C=O) groups excluding carboxylic acids is 1. The standard InChI is InChI=1S/C25H20N4O3/c1-32-22-14-8-13-19(23(22)30)16-26-29-25(31)24-27-20(17-9-4-2-5-10-17)15-21(28-24)18-11-6-3-7-12-18/h2-16,30H,1H3,(H,29,31). The highest BCUT2D eigenvalue weighted by Crippen LogP contribution is 2.28. The number of benzene rings is 3. The van der Waals surface area contributed by atoms with Gasteiger partial charge < -0.3 is 9.84 Å². The van der Waals surface area contributed by atoms with E-state index in [0.717, 1.165) is 11.1 Å². The first-order valence-electron chi connectivity index (χ1n) is 9.85. The van der Waals surface area contributed by atoms with E-state index in [2.05, 4.69) is 20.5 Å². The highest BCUT2D eigenvalue weighted by Gasteiger charge is 2.14. The second-order valence-corrected chi connectivity index (χ2v) is 6.79. The quantitative estimate of drug-likeness (QED) is 0.356. The van der Waals surface area contributed by atoms with Crippen LogP contribution < -0.4 is 10.2 Å². The summed E-state index contributed by atoms with van der Waals surface area (Å²) in [6, 6.07) is 26.0. The summed E-state index contributed by atoms with van der Waals surface area (Å²) in [7, 11) is 1.46. The third-order valence-corrected chi connectivity index (χ3v) is 4.69. The molecule has 0 aliphatic heterocycles. The second-order valence-electron chi connectivity index (χ2n) is 6.79. The van der Waals surface area contributed by atoms with Crippen molar-refractivity contribution in [3.05, 3.63) is 96.3 Å². The van der Waals surface area contributed by atoms with Crippen molar-refractivity contribution in [1.29, 1.82) is 0 Å². The van der Waals surface area contributed by atoms with Gasteiger partial charge in [0.2, 0.25) is 5.82 Å². The van der Waals surface area contributed by atoms with Gasteiger partial charge in [0.25, 0.3) is 0 Å². The third-order valence-electron chi connectivity index (χ3n) is 4.69. The number of para-hydroxylation sites is 1. The predicted octanol–water partition coefficient (Wildman–Crippen LogP) is 4.29. The van der Waals surface area contributed by atoms with Crippen molar-refractivity contribution in [1.82, 2.24) is 15.4 Å². The smallest absolute Gasteiger partial charge is 0.309 e. The predicted molar refractivity (Wildman–Crippen MR) is 123 cm³/mol. The Balaban J connectivity index is 1.64. The van der Waals surface area contributed by atoms with E-state index in [0.29, 0.717) is 22.7 Å². The van der Waals surface area contributed by atoms with Crippen molar-refractivity contribution in [2.45, 2.75) is 0 Å². The lowest BCUT2D eigenvalue weighted by Crippen LogP contribution is -2.21. The fraction of sp³-hybridized carbons (Fsp3) is 0.0400. The number of nitrogens with zero attached hydrogens (tertiary/aromatic N) is 3. The second kappa shape index (κ2) is 9.53. The van der Waals surface area contributed by atoms with Crippen molar-refractivity contribution < 1.29 is 14.6 Å². The Morgan fingerprint density at radius 2 is 1.50 bits per heavy atom. The molecule has 3 aromatic carbocycles. The monoisotopic (exact) mass is 424 g/mol. The van der Waals surface area contributed by atoms with Crippen LogP contribution in [0, 0.1) is 0 Å². The Labute approximate surface area is 185 Å². The topological polar surface area (TPSA) is 96.7 Å². The van der Waals surface area contributed by atoms with Gasteiger partial charge in [-0.3, -0.25) is 4.79 Å². The summed E-state index contributed by atoms with van der Waals surface area (Å²) in [6.07, 6.45) is 1.33. The normalized spacial score (nSPS) is 10.8. The number of amides is 1. The molecule has 0 aliphatic rings. The van der Waals surface area contributed by atoms with Crippen LogP contribution in [0.1, 0.15) is 16.2 Å². The van der Waals surface area contributed by atoms with Crippen LogP contribution >= 0.6 is 0 Å². The molecule has 0 atom stereocenters. The van der Waals surface area contributed by atoms with E-state index >= 15 is 0 Å². The number of hydrazone groups is 1. The van der Waals surface area contributed by atoms with Gasteiger partial charge in [0.1, 0.15) is 0 Å². The first-order chi connectivity index (χ1) is 15.7. The minimum Gasteiger partial charge on any atom is -0.504 e. The van der Waals surface area contributed by atoms with E-state index in [4.69, 9.17) is 4.74 Å². The number of ether oxygens (including phenoxy) is 1. The molecule has 7 nitrogen and oxygen atoms in total. The van der Waals surface area contributed by atoms with Gasteiger partial charge in [-0.1, -0.05) is 66.7 Å². The average Bonchev–Trinajstić information content (AvgIpc) is 2.86. The van der Waals surface area contributed by atoms with Crippen LogP contribution in [-0.2, 0) is 0 Å². The fourth-order valence-corrected chi connectivity index (χ4v) is 3.08. The summed E-state index contributed by atoms with van der Waals surface area (Å²) in [5, 5.41) is 14.1. The lowest BCUT2D eigenvalue weighted by atomic mass is 10.1. The van der Waals surface area contributed by atoms with Crippen molar-refractivity contribution >= 4 is 12.1 Å². The summed E-state index contributed by atoms with van der Waals surface area (Å²) in [5.74, 6) is -0.343. The molecule has 0 spiro atoms. The lowest BCUT2D eigenvalue weighted by molar-refractivity contribution is 0.0945. The van der Waals surface area contributed by atoms with Crippen LogP contribution in [0.25, 0.3) is 22.5 Å². The zero-order valence-corrected chi connectivity index (χ0v) is 17.3. The first kappa shape index (κ1) is 20.7. The summed E-state index contributed by atoms with van der Waals surface area (Å²) in [6.45, 7) is 0. The lowest BCUT2D eigenvalue weighted by Gasteiger charge is -2.08. The maximum atomic E-state index is 12.8. The van der Waals surface area contributed by atoms with Crippen LogP contribution in [0.5, 0.6) is 11.5 Å². The van der Waals surface area contributed by atoms with Gasteiger partial charge in [-0.2, -0.15) is 5.10 Å². The van der Waals surface area contributed by atoms with Gasteiger partial charge in [-0.15, -0.1) is 0 Å². The van der Waals surface area contributed by atoms with Gasteiger partial charge in [0.05, 0.1) is 24.7 Å². The van der Waals surface area contributed by atoms with E-state index in [9.17, 15) is 9.90 Å². The molecule has 7 heteroatoms. The minimum atomic E-state index is -0.571. The van der Waals surface area contributed by atoms with Crippen molar-refractivity contribution in [3.8, 4) is 34.0 Å². The summed E-state index contributed by atoms with van der Waals surface area (Å²) < 4.78 is 5.07. The number of rotatable bonds is 6. The Morgan fingerprint density at radius 1 is 0.906 bits per heavy atom. The molecule has 4 rings (SSSR count). The van der Waals surface area contributed by atoms with Gasteiger partial charge >= 0.3 is 5.91 Å². The van der Waals surface area contributed by atoms with Crippen molar-refractivity contribution in [2.75, 3.05) is 7.11 Å². The van der Waals surface area contributed by atoms with E-state index in [1.165, 1.54) is 13.3 Å². The number of nitrogens with one attached hydrogen (secondary N) is 1. The summed E-state index contributed by atoms with van der Waals surface area (Å²) in [4.78, 5) is 21.6. The zero-order chi connectivity index (χ0) is 22.3. The number of phenolic OH excluding ortho intramolecular Hbond substituents is 1. The molecule has 2 N–H and O–H groups in total. The Morgan fingerprint density at radius 3 is 2.06 bits per heavy atom.